The molecule has 3 aromatic rings. The van der Waals surface area contributed by atoms with Crippen LogP contribution in [-0.2, 0) is 9.59 Å². The van der Waals surface area contributed by atoms with Gasteiger partial charge >= 0.3 is 0 Å². The van der Waals surface area contributed by atoms with Crippen LogP contribution < -0.4 is 10.1 Å². The number of hydrogen-bond acceptors (Lipinski definition) is 6. The van der Waals surface area contributed by atoms with Crippen LogP contribution in [0, 0.1) is 0 Å². The van der Waals surface area contributed by atoms with Gasteiger partial charge in [-0.3, -0.25) is 9.59 Å². The molecule has 1 heterocycles. The van der Waals surface area contributed by atoms with Crippen LogP contribution in [-0.4, -0.2) is 46.6 Å². The lowest BCUT2D eigenvalue weighted by molar-refractivity contribution is -0.135. The van der Waals surface area contributed by atoms with E-state index in [1.807, 2.05) is 73.3 Å². The molecule has 3 rings (SSSR count). The molecule has 2 atom stereocenters. The summed E-state index contributed by atoms with van der Waals surface area (Å²) in [5.74, 6) is 0.384. The van der Waals surface area contributed by atoms with E-state index in [4.69, 9.17) is 4.74 Å². The van der Waals surface area contributed by atoms with Crippen LogP contribution in [0.4, 0.5) is 5.13 Å². The molecule has 0 spiro atoms. The number of ether oxygens (including phenoxy) is 1. The van der Waals surface area contributed by atoms with E-state index in [-0.39, 0.29) is 30.2 Å². The Hall–Kier alpha value is -3.26. The molecule has 0 aliphatic rings. The molecule has 0 radical (unpaired) electrons. The maximum absolute atomic E-state index is 13.4. The normalized spacial score (nSPS) is 12.6. The smallest absolute Gasteiger partial charge is 0.230 e. The Labute approximate surface area is 205 Å². The predicted octanol–water partition coefficient (Wildman–Crippen LogP) is 5.36. The number of carbonyl (C=O) groups excluding carboxylic acids is 2. The Balaban J connectivity index is 1.64. The minimum Gasteiger partial charge on any atom is -0.497 e. The Morgan fingerprint density at radius 1 is 1.06 bits per heavy atom. The summed E-state index contributed by atoms with van der Waals surface area (Å²) in [6.45, 7) is 6.45. The molecule has 0 aliphatic carbocycles. The third kappa shape index (κ3) is 6.41. The highest BCUT2D eigenvalue weighted by Crippen LogP contribution is 2.29. The molecule has 1 aromatic heterocycles. The number of nitrogens with zero attached hydrogens (tertiary/aromatic N) is 3. The Bertz CT molecular complexity index is 1090. The molecule has 180 valence electrons. The zero-order valence-electron chi connectivity index (χ0n) is 20.2. The van der Waals surface area contributed by atoms with Gasteiger partial charge < -0.3 is 15.0 Å². The minimum absolute atomic E-state index is 0.0410. The van der Waals surface area contributed by atoms with Crippen molar-refractivity contribution >= 4 is 28.3 Å². The van der Waals surface area contributed by atoms with Crippen molar-refractivity contribution in [2.75, 3.05) is 19.0 Å². The second kappa shape index (κ2) is 12.3. The van der Waals surface area contributed by atoms with Crippen LogP contribution in [0.5, 0.6) is 5.75 Å². The molecule has 8 heteroatoms. The monoisotopic (exact) mass is 480 g/mol. The van der Waals surface area contributed by atoms with Crippen LogP contribution in [0.3, 0.4) is 0 Å². The first-order valence-corrected chi connectivity index (χ1v) is 12.4. The molecule has 2 aromatic carbocycles. The van der Waals surface area contributed by atoms with Gasteiger partial charge in [0.25, 0.3) is 0 Å². The molecule has 0 bridgehead atoms. The molecule has 0 fully saturated rings. The van der Waals surface area contributed by atoms with E-state index in [9.17, 15) is 9.59 Å². The lowest BCUT2D eigenvalue weighted by Crippen LogP contribution is -2.42. The molecule has 2 amide bonds. The fourth-order valence-corrected chi connectivity index (χ4v) is 4.51. The van der Waals surface area contributed by atoms with Gasteiger partial charge in [0.2, 0.25) is 16.9 Å². The zero-order chi connectivity index (χ0) is 24.5. The summed E-state index contributed by atoms with van der Waals surface area (Å²) in [4.78, 5) is 27.9. The minimum atomic E-state index is -0.216. The van der Waals surface area contributed by atoms with Crippen LogP contribution >= 0.6 is 11.3 Å². The zero-order valence-corrected chi connectivity index (χ0v) is 21.0. The molecule has 34 heavy (non-hydrogen) atoms. The van der Waals surface area contributed by atoms with Crippen LogP contribution in [0.25, 0.3) is 10.6 Å². The number of aromatic nitrogens is 2. The SMILES string of the molecule is CC[C@H](C(=O)N(CCC(=O)Nc1nnc(-c2cccc(OC)c2)s1)[C@@H](C)CC)c1ccccc1. The first-order valence-electron chi connectivity index (χ1n) is 11.6. The lowest BCUT2D eigenvalue weighted by atomic mass is 9.94. The molecule has 7 nitrogen and oxygen atoms in total. The van der Waals surface area contributed by atoms with E-state index in [2.05, 4.69) is 22.4 Å². The molecule has 0 saturated heterocycles. The molecule has 0 aliphatic heterocycles. The van der Waals surface area contributed by atoms with E-state index >= 15 is 0 Å². The standard InChI is InChI=1S/C26H32N4O3S/c1-5-18(3)30(25(32)22(6-2)19-11-8-7-9-12-19)16-15-23(31)27-26-29-28-24(34-26)20-13-10-14-21(17-20)33-4/h7-14,17-18,22H,5-6,15-16H2,1-4H3,(H,27,29,31)/t18-,22-/m0/s1. The van der Waals surface area contributed by atoms with E-state index in [1.54, 1.807) is 7.11 Å². The topological polar surface area (TPSA) is 84.4 Å². The second-order valence-corrected chi connectivity index (χ2v) is 9.08. The van der Waals surface area contributed by atoms with Gasteiger partial charge in [-0.1, -0.05) is 67.6 Å². The summed E-state index contributed by atoms with van der Waals surface area (Å²) in [6, 6.07) is 17.4. The summed E-state index contributed by atoms with van der Waals surface area (Å²) in [5.41, 5.74) is 1.88. The highest BCUT2D eigenvalue weighted by atomic mass is 32.1. The number of nitrogens with one attached hydrogen (secondary N) is 1. The van der Waals surface area contributed by atoms with Crippen molar-refractivity contribution in [3.63, 3.8) is 0 Å². The summed E-state index contributed by atoms with van der Waals surface area (Å²) in [6.07, 6.45) is 1.72. The number of carbonyl (C=O) groups is 2. The van der Waals surface area contributed by atoms with Gasteiger partial charge in [0.15, 0.2) is 0 Å². The maximum atomic E-state index is 13.4. The molecule has 1 N–H and O–H groups in total. The lowest BCUT2D eigenvalue weighted by Gasteiger charge is -2.32. The largest absolute Gasteiger partial charge is 0.497 e. The van der Waals surface area contributed by atoms with Gasteiger partial charge in [-0.05, 0) is 37.5 Å². The Kier molecular flexibility index (Phi) is 9.16. The third-order valence-electron chi connectivity index (χ3n) is 5.88. The predicted molar refractivity (Wildman–Crippen MR) is 136 cm³/mol. The van der Waals surface area contributed by atoms with Gasteiger partial charge in [0.05, 0.1) is 13.0 Å². The Morgan fingerprint density at radius 3 is 2.50 bits per heavy atom. The first kappa shape index (κ1) is 25.4. The van der Waals surface area contributed by atoms with Crippen molar-refractivity contribution in [1.29, 1.82) is 0 Å². The van der Waals surface area contributed by atoms with Gasteiger partial charge in [-0.2, -0.15) is 0 Å². The quantitative estimate of drug-likeness (QED) is 0.399. The highest BCUT2D eigenvalue weighted by Gasteiger charge is 2.27. The van der Waals surface area contributed by atoms with Crippen molar-refractivity contribution in [3.05, 3.63) is 60.2 Å². The summed E-state index contributed by atoms with van der Waals surface area (Å²) < 4.78 is 5.26. The van der Waals surface area contributed by atoms with Crippen molar-refractivity contribution in [1.82, 2.24) is 15.1 Å². The summed E-state index contributed by atoms with van der Waals surface area (Å²) in [5, 5.41) is 12.2. The molecular weight excluding hydrogens is 448 g/mol. The van der Waals surface area contributed by atoms with Crippen molar-refractivity contribution < 1.29 is 14.3 Å². The van der Waals surface area contributed by atoms with E-state index < -0.39 is 0 Å². The van der Waals surface area contributed by atoms with Crippen molar-refractivity contribution in [2.45, 2.75) is 52.0 Å². The fourth-order valence-electron chi connectivity index (χ4n) is 3.76. The van der Waals surface area contributed by atoms with Gasteiger partial charge in [-0.15, -0.1) is 10.2 Å². The molecule has 0 saturated carbocycles. The Morgan fingerprint density at radius 2 is 1.82 bits per heavy atom. The van der Waals surface area contributed by atoms with E-state index in [0.717, 1.165) is 23.3 Å². The summed E-state index contributed by atoms with van der Waals surface area (Å²) >= 11 is 1.30. The van der Waals surface area contributed by atoms with E-state index in [0.29, 0.717) is 23.1 Å². The van der Waals surface area contributed by atoms with Gasteiger partial charge in [-0.25, -0.2) is 0 Å². The number of amides is 2. The maximum Gasteiger partial charge on any atom is 0.230 e. The first-order chi connectivity index (χ1) is 16.5. The molecule has 0 unspecified atom stereocenters. The van der Waals surface area contributed by atoms with Gasteiger partial charge in [0.1, 0.15) is 10.8 Å². The van der Waals surface area contributed by atoms with Crippen molar-refractivity contribution in [3.8, 4) is 16.3 Å². The third-order valence-corrected chi connectivity index (χ3v) is 6.77. The molecular formula is C26H32N4O3S. The average molecular weight is 481 g/mol. The number of methoxy groups -OCH3 is 1. The van der Waals surface area contributed by atoms with Crippen molar-refractivity contribution in [2.24, 2.45) is 0 Å². The number of anilines is 1. The number of rotatable bonds is 11. The second-order valence-electron chi connectivity index (χ2n) is 8.10. The van der Waals surface area contributed by atoms with Gasteiger partial charge in [0, 0.05) is 24.6 Å². The van der Waals surface area contributed by atoms with Crippen LogP contribution in [0.1, 0.15) is 51.5 Å². The van der Waals surface area contributed by atoms with E-state index in [1.165, 1.54) is 11.3 Å². The number of benzene rings is 2. The summed E-state index contributed by atoms with van der Waals surface area (Å²) in [7, 11) is 1.61. The van der Waals surface area contributed by atoms with Crippen LogP contribution in [0.15, 0.2) is 54.6 Å². The van der Waals surface area contributed by atoms with Crippen LogP contribution in [0.2, 0.25) is 0 Å². The average Bonchev–Trinajstić information content (AvgIpc) is 3.33. The fraction of sp³-hybridized carbons (Fsp3) is 0.385. The number of hydrogen-bond donors (Lipinski definition) is 1. The highest BCUT2D eigenvalue weighted by molar-refractivity contribution is 7.18.